The molecule has 0 saturated carbocycles. The maximum atomic E-state index is 14.0. The molecule has 1 aromatic heterocycles. The first-order chi connectivity index (χ1) is 10.7. The minimum absolute atomic E-state index is 0.0291. The summed E-state index contributed by atoms with van der Waals surface area (Å²) in [5.41, 5.74) is 1.61. The fourth-order valence-electron chi connectivity index (χ4n) is 1.58. The van der Waals surface area contributed by atoms with E-state index in [0.717, 1.165) is 6.20 Å². The molecule has 0 aromatic carbocycles. The van der Waals surface area contributed by atoms with Gasteiger partial charge < -0.3 is 14.2 Å². The number of methoxy groups -OCH3 is 2. The van der Waals surface area contributed by atoms with E-state index in [1.165, 1.54) is 20.3 Å². The second kappa shape index (κ2) is 8.32. The Balaban J connectivity index is 3.13. The van der Waals surface area contributed by atoms with E-state index in [4.69, 9.17) is 14.2 Å². The summed E-state index contributed by atoms with van der Waals surface area (Å²) in [5, 5.41) is 3.88. The van der Waals surface area contributed by atoms with E-state index in [-0.39, 0.29) is 11.3 Å². The zero-order valence-electron chi connectivity index (χ0n) is 13.5. The number of hydrogen-bond acceptors (Lipinski definition) is 6. The van der Waals surface area contributed by atoms with Crippen LogP contribution in [0.1, 0.15) is 26.3 Å². The summed E-state index contributed by atoms with van der Waals surface area (Å²) in [5.74, 6) is -0.642. The number of carbonyl (C=O) groups excluding carboxylic acids is 1. The normalized spacial score (nSPS) is 12.4. The molecule has 0 aliphatic heterocycles. The van der Waals surface area contributed by atoms with Gasteiger partial charge in [-0.05, 0) is 42.8 Å². The molecule has 7 nitrogen and oxygen atoms in total. The fourth-order valence-corrected chi connectivity index (χ4v) is 1.91. The number of halogens is 2. The van der Waals surface area contributed by atoms with Crippen LogP contribution < -0.4 is 5.43 Å². The summed E-state index contributed by atoms with van der Waals surface area (Å²) >= 11 is 3.15. The standard InChI is InChI=1S/C14H19BrFN3O4/c1-14(2,3)23-13(20)19-18-11(12(21-4)22-5)8-6-10(15)17-7-9(8)16/h6-7,12H,1-5H3,(H,19,20)/b18-11-. The largest absolute Gasteiger partial charge is 0.443 e. The lowest BCUT2D eigenvalue weighted by molar-refractivity contribution is -0.0519. The van der Waals surface area contributed by atoms with Gasteiger partial charge in [0.15, 0.2) is 5.82 Å². The summed E-state index contributed by atoms with van der Waals surface area (Å²) in [4.78, 5) is 15.5. The van der Waals surface area contributed by atoms with Crippen LogP contribution in [-0.4, -0.2) is 42.9 Å². The topological polar surface area (TPSA) is 82.0 Å². The number of nitrogens with one attached hydrogen (secondary N) is 1. The number of nitrogens with zero attached hydrogens (tertiary/aromatic N) is 2. The summed E-state index contributed by atoms with van der Waals surface area (Å²) in [7, 11) is 2.73. The highest BCUT2D eigenvalue weighted by atomic mass is 79.9. The molecule has 0 atom stereocenters. The van der Waals surface area contributed by atoms with Gasteiger partial charge in [0.1, 0.15) is 15.9 Å². The Morgan fingerprint density at radius 1 is 1.39 bits per heavy atom. The van der Waals surface area contributed by atoms with Gasteiger partial charge in [0.2, 0.25) is 6.29 Å². The van der Waals surface area contributed by atoms with Crippen molar-refractivity contribution in [3.8, 4) is 0 Å². The van der Waals surface area contributed by atoms with Gasteiger partial charge in [0, 0.05) is 19.8 Å². The Bertz CT molecular complexity index is 586. The summed E-state index contributed by atoms with van der Waals surface area (Å²) in [6, 6.07) is 1.40. The molecule has 1 rings (SSSR count). The molecule has 23 heavy (non-hydrogen) atoms. The lowest BCUT2D eigenvalue weighted by Crippen LogP contribution is -2.33. The molecule has 1 aromatic rings. The molecule has 1 amide bonds. The molecule has 0 radical (unpaired) electrons. The lowest BCUT2D eigenvalue weighted by Gasteiger charge is -2.20. The third kappa shape index (κ3) is 6.20. The van der Waals surface area contributed by atoms with Gasteiger partial charge in [0.05, 0.1) is 6.20 Å². The molecule has 0 saturated heterocycles. The van der Waals surface area contributed by atoms with Crippen molar-refractivity contribution in [2.24, 2.45) is 5.10 Å². The molecule has 0 bridgehead atoms. The van der Waals surface area contributed by atoms with Crippen LogP contribution in [-0.2, 0) is 14.2 Å². The fraction of sp³-hybridized carbons (Fsp3) is 0.500. The maximum absolute atomic E-state index is 14.0. The zero-order chi connectivity index (χ0) is 17.6. The smallest absolute Gasteiger partial charge is 0.428 e. The quantitative estimate of drug-likeness (QED) is 0.361. The molecule has 0 aliphatic carbocycles. The van der Waals surface area contributed by atoms with Crippen LogP contribution >= 0.6 is 15.9 Å². The number of ether oxygens (including phenoxy) is 3. The molecule has 0 unspecified atom stereocenters. The number of aromatic nitrogens is 1. The Morgan fingerprint density at radius 2 is 2.00 bits per heavy atom. The highest BCUT2D eigenvalue weighted by Gasteiger charge is 2.23. The minimum atomic E-state index is -0.992. The highest BCUT2D eigenvalue weighted by Crippen LogP contribution is 2.16. The molecule has 0 spiro atoms. The van der Waals surface area contributed by atoms with Crippen molar-refractivity contribution in [2.75, 3.05) is 14.2 Å². The van der Waals surface area contributed by atoms with E-state index in [1.54, 1.807) is 20.8 Å². The first-order valence-corrected chi connectivity index (χ1v) is 7.40. The molecular weight excluding hydrogens is 373 g/mol. The van der Waals surface area contributed by atoms with E-state index >= 15 is 0 Å². The van der Waals surface area contributed by atoms with Gasteiger partial charge in [-0.2, -0.15) is 5.10 Å². The van der Waals surface area contributed by atoms with Crippen LogP contribution in [0.25, 0.3) is 0 Å². The van der Waals surface area contributed by atoms with Gasteiger partial charge in [-0.1, -0.05) is 0 Å². The molecule has 0 fully saturated rings. The Kier molecular flexibility index (Phi) is 7.04. The summed E-state index contributed by atoms with van der Waals surface area (Å²) in [6.45, 7) is 5.14. The van der Waals surface area contributed by atoms with Crippen molar-refractivity contribution >= 4 is 27.7 Å². The van der Waals surface area contributed by atoms with Crippen LogP contribution in [0, 0.1) is 5.82 Å². The van der Waals surface area contributed by atoms with Crippen LogP contribution in [0.5, 0.6) is 0 Å². The number of hydrazone groups is 1. The van der Waals surface area contributed by atoms with Gasteiger partial charge in [-0.25, -0.2) is 19.6 Å². The molecule has 1 heterocycles. The summed E-state index contributed by atoms with van der Waals surface area (Å²) < 4.78 is 29.7. The molecule has 0 aliphatic rings. The van der Waals surface area contributed by atoms with Gasteiger partial charge in [0.25, 0.3) is 0 Å². The number of rotatable bonds is 5. The Hall–Kier alpha value is -1.58. The van der Waals surface area contributed by atoms with Crippen molar-refractivity contribution in [1.29, 1.82) is 0 Å². The zero-order valence-corrected chi connectivity index (χ0v) is 15.1. The van der Waals surface area contributed by atoms with Crippen molar-refractivity contribution in [1.82, 2.24) is 10.4 Å². The van der Waals surface area contributed by atoms with Gasteiger partial charge in [-0.3, -0.25) is 0 Å². The van der Waals surface area contributed by atoms with E-state index < -0.39 is 23.8 Å². The Labute approximate surface area is 142 Å². The third-order valence-electron chi connectivity index (χ3n) is 2.42. The SMILES string of the molecule is COC(OC)/C(=N\NC(=O)OC(C)(C)C)c1cc(Br)ncc1F. The highest BCUT2D eigenvalue weighted by molar-refractivity contribution is 9.10. The predicted molar refractivity (Wildman–Crippen MR) is 85.6 cm³/mol. The third-order valence-corrected chi connectivity index (χ3v) is 2.85. The van der Waals surface area contributed by atoms with E-state index in [0.29, 0.717) is 4.60 Å². The summed E-state index contributed by atoms with van der Waals surface area (Å²) in [6.07, 6.45) is -0.756. The number of pyridine rings is 1. The van der Waals surface area contributed by atoms with Gasteiger partial charge >= 0.3 is 6.09 Å². The minimum Gasteiger partial charge on any atom is -0.443 e. The second-order valence-corrected chi connectivity index (χ2v) is 6.21. The average molecular weight is 392 g/mol. The van der Waals surface area contributed by atoms with Crippen LogP contribution in [0.4, 0.5) is 9.18 Å². The first-order valence-electron chi connectivity index (χ1n) is 6.61. The van der Waals surface area contributed by atoms with Crippen molar-refractivity contribution in [3.05, 3.63) is 28.2 Å². The van der Waals surface area contributed by atoms with Crippen molar-refractivity contribution in [3.63, 3.8) is 0 Å². The molecular formula is C14H19BrFN3O4. The predicted octanol–water partition coefficient (Wildman–Crippen LogP) is 2.83. The second-order valence-electron chi connectivity index (χ2n) is 5.40. The Morgan fingerprint density at radius 3 is 2.52 bits per heavy atom. The van der Waals surface area contributed by atoms with Crippen LogP contribution in [0.15, 0.2) is 22.0 Å². The molecule has 1 N–H and O–H groups in total. The number of hydrogen-bond donors (Lipinski definition) is 1. The van der Waals surface area contributed by atoms with Crippen LogP contribution in [0.2, 0.25) is 0 Å². The monoisotopic (exact) mass is 391 g/mol. The molecule has 128 valence electrons. The van der Waals surface area contributed by atoms with Crippen molar-refractivity contribution in [2.45, 2.75) is 32.7 Å². The van der Waals surface area contributed by atoms with Crippen molar-refractivity contribution < 1.29 is 23.4 Å². The number of carbonyl (C=O) groups is 1. The van der Waals surface area contributed by atoms with E-state index in [2.05, 4.69) is 31.4 Å². The van der Waals surface area contributed by atoms with Crippen LogP contribution in [0.3, 0.4) is 0 Å². The molecule has 9 heteroatoms. The lowest BCUT2D eigenvalue weighted by atomic mass is 10.1. The van der Waals surface area contributed by atoms with Gasteiger partial charge in [-0.15, -0.1) is 0 Å². The first kappa shape index (κ1) is 19.5. The number of amides is 1. The van der Waals surface area contributed by atoms with E-state index in [9.17, 15) is 9.18 Å². The maximum Gasteiger partial charge on any atom is 0.428 e. The average Bonchev–Trinajstić information content (AvgIpc) is 2.44. The van der Waals surface area contributed by atoms with E-state index in [1.807, 2.05) is 0 Å².